The summed E-state index contributed by atoms with van der Waals surface area (Å²) < 4.78 is 13.7. The minimum atomic E-state index is -0.244. The SMILES string of the molecule is O=C(c1ccc2ccccc2n1)N1CCC2NNC(c3cccc(F)c3)C2C1. The molecule has 2 N–H and O–H groups in total. The Morgan fingerprint density at radius 2 is 1.96 bits per heavy atom. The Hall–Kier alpha value is -2.83. The van der Waals surface area contributed by atoms with Crippen LogP contribution >= 0.6 is 0 Å². The van der Waals surface area contributed by atoms with Gasteiger partial charge in [-0.25, -0.2) is 14.8 Å². The lowest BCUT2D eigenvalue weighted by Crippen LogP contribution is -2.48. The van der Waals surface area contributed by atoms with E-state index < -0.39 is 0 Å². The number of carbonyl (C=O) groups is 1. The molecular formula is C22H21FN4O. The van der Waals surface area contributed by atoms with Crippen LogP contribution in [0.4, 0.5) is 4.39 Å². The molecule has 0 saturated carbocycles. The van der Waals surface area contributed by atoms with Crippen LogP contribution in [0.2, 0.25) is 0 Å². The van der Waals surface area contributed by atoms with E-state index in [-0.39, 0.29) is 29.7 Å². The second-order valence-corrected chi connectivity index (χ2v) is 7.52. The number of hydrazine groups is 1. The Morgan fingerprint density at radius 3 is 2.86 bits per heavy atom. The van der Waals surface area contributed by atoms with Gasteiger partial charge in [0.15, 0.2) is 0 Å². The third kappa shape index (κ3) is 3.04. The first-order chi connectivity index (χ1) is 13.7. The van der Waals surface area contributed by atoms with Crippen molar-refractivity contribution in [2.75, 3.05) is 13.1 Å². The van der Waals surface area contributed by atoms with Crippen molar-refractivity contribution in [3.63, 3.8) is 0 Å². The summed E-state index contributed by atoms with van der Waals surface area (Å²) in [4.78, 5) is 19.5. The average molecular weight is 376 g/mol. The van der Waals surface area contributed by atoms with E-state index in [2.05, 4.69) is 15.8 Å². The number of benzene rings is 2. The van der Waals surface area contributed by atoms with Crippen molar-refractivity contribution in [3.05, 3.63) is 77.7 Å². The zero-order valence-corrected chi connectivity index (χ0v) is 15.3. The molecule has 2 aliphatic rings. The van der Waals surface area contributed by atoms with Crippen molar-refractivity contribution in [1.29, 1.82) is 0 Å². The fourth-order valence-electron chi connectivity index (χ4n) is 4.36. The molecule has 3 heterocycles. The third-order valence-electron chi connectivity index (χ3n) is 5.82. The van der Waals surface area contributed by atoms with E-state index in [1.165, 1.54) is 6.07 Å². The Labute approximate surface area is 162 Å². The first kappa shape index (κ1) is 17.3. The molecule has 5 rings (SSSR count). The van der Waals surface area contributed by atoms with Crippen LogP contribution in [0.1, 0.15) is 28.5 Å². The van der Waals surface area contributed by atoms with Gasteiger partial charge in [-0.05, 0) is 36.2 Å². The zero-order chi connectivity index (χ0) is 19.1. The first-order valence-electron chi connectivity index (χ1n) is 9.60. The molecule has 1 amide bonds. The summed E-state index contributed by atoms with van der Waals surface area (Å²) in [7, 11) is 0. The van der Waals surface area contributed by atoms with Crippen LogP contribution in [-0.2, 0) is 0 Å². The van der Waals surface area contributed by atoms with Crippen LogP contribution < -0.4 is 10.9 Å². The number of halogens is 1. The Kier molecular flexibility index (Phi) is 4.30. The summed E-state index contributed by atoms with van der Waals surface area (Å²) in [5, 5.41) is 1.02. The number of rotatable bonds is 2. The first-order valence-corrected chi connectivity index (χ1v) is 9.60. The van der Waals surface area contributed by atoms with Crippen molar-refractivity contribution >= 4 is 16.8 Å². The maximum Gasteiger partial charge on any atom is 0.272 e. The number of nitrogens with zero attached hydrogens (tertiary/aromatic N) is 2. The number of fused-ring (bicyclic) bond motifs is 2. The number of para-hydroxylation sites is 1. The highest BCUT2D eigenvalue weighted by Gasteiger charge is 2.41. The number of hydrogen-bond donors (Lipinski definition) is 2. The number of amides is 1. The molecule has 2 aliphatic heterocycles. The normalized spacial score (nSPS) is 24.3. The molecule has 2 saturated heterocycles. The molecule has 3 aromatic rings. The fourth-order valence-corrected chi connectivity index (χ4v) is 4.36. The van der Waals surface area contributed by atoms with Gasteiger partial charge in [0.2, 0.25) is 0 Å². The van der Waals surface area contributed by atoms with E-state index in [1.54, 1.807) is 18.2 Å². The fraction of sp³-hybridized carbons (Fsp3) is 0.273. The van der Waals surface area contributed by atoms with Gasteiger partial charge >= 0.3 is 0 Å². The van der Waals surface area contributed by atoms with Crippen molar-refractivity contribution in [2.45, 2.75) is 18.5 Å². The molecule has 3 unspecified atom stereocenters. The summed E-state index contributed by atoms with van der Waals surface area (Å²) in [6, 6.07) is 18.4. The Bertz CT molecular complexity index is 1040. The Morgan fingerprint density at radius 1 is 1.07 bits per heavy atom. The molecule has 0 aliphatic carbocycles. The van der Waals surface area contributed by atoms with Crippen molar-refractivity contribution in [2.24, 2.45) is 5.92 Å². The molecule has 0 radical (unpaired) electrons. The molecule has 3 atom stereocenters. The third-order valence-corrected chi connectivity index (χ3v) is 5.82. The molecule has 28 heavy (non-hydrogen) atoms. The van der Waals surface area contributed by atoms with E-state index in [9.17, 15) is 9.18 Å². The lowest BCUT2D eigenvalue weighted by molar-refractivity contribution is 0.0647. The van der Waals surface area contributed by atoms with Crippen molar-refractivity contribution in [3.8, 4) is 0 Å². The minimum absolute atomic E-state index is 0.0270. The van der Waals surface area contributed by atoms with Gasteiger partial charge in [0, 0.05) is 30.4 Å². The molecule has 5 nitrogen and oxygen atoms in total. The molecule has 6 heteroatoms. The molecule has 0 spiro atoms. The van der Waals surface area contributed by atoms with Gasteiger partial charge in [-0.3, -0.25) is 10.2 Å². The molecule has 1 aromatic heterocycles. The second kappa shape index (κ2) is 6.96. The monoisotopic (exact) mass is 376 g/mol. The van der Waals surface area contributed by atoms with Gasteiger partial charge < -0.3 is 4.90 Å². The van der Waals surface area contributed by atoms with E-state index in [0.717, 1.165) is 22.9 Å². The van der Waals surface area contributed by atoms with Gasteiger partial charge in [-0.2, -0.15) is 0 Å². The summed E-state index contributed by atoms with van der Waals surface area (Å²) in [5.41, 5.74) is 8.82. The molecule has 0 bridgehead atoms. The Balaban J connectivity index is 1.38. The molecule has 142 valence electrons. The number of nitrogens with one attached hydrogen (secondary N) is 2. The molecule has 2 aromatic carbocycles. The van der Waals surface area contributed by atoms with Crippen molar-refractivity contribution < 1.29 is 9.18 Å². The number of hydrogen-bond acceptors (Lipinski definition) is 4. The van der Waals surface area contributed by atoms with E-state index in [0.29, 0.717) is 18.8 Å². The van der Waals surface area contributed by atoms with E-state index in [4.69, 9.17) is 0 Å². The standard InChI is InChI=1S/C22H21FN4O/c23-16-6-3-5-15(12-16)21-17-13-27(11-10-19(17)25-26-21)22(28)20-9-8-14-4-1-2-7-18(14)24-20/h1-9,12,17,19,21,25-26H,10-11,13H2. The second-order valence-electron chi connectivity index (χ2n) is 7.52. The number of pyridine rings is 1. The van der Waals surface area contributed by atoms with Gasteiger partial charge in [-0.1, -0.05) is 36.4 Å². The van der Waals surface area contributed by atoms with Crippen LogP contribution in [0.3, 0.4) is 0 Å². The maximum absolute atomic E-state index is 13.7. The van der Waals surface area contributed by atoms with Crippen LogP contribution in [0.25, 0.3) is 10.9 Å². The number of piperidine rings is 1. The van der Waals surface area contributed by atoms with Gasteiger partial charge in [-0.15, -0.1) is 0 Å². The largest absolute Gasteiger partial charge is 0.337 e. The highest BCUT2D eigenvalue weighted by Crippen LogP contribution is 2.34. The van der Waals surface area contributed by atoms with Gasteiger partial charge in [0.25, 0.3) is 5.91 Å². The summed E-state index contributed by atoms with van der Waals surface area (Å²) in [6.07, 6.45) is 0.850. The van der Waals surface area contributed by atoms with E-state index in [1.807, 2.05) is 41.3 Å². The van der Waals surface area contributed by atoms with Crippen LogP contribution in [0, 0.1) is 11.7 Å². The number of likely N-dealkylation sites (tertiary alicyclic amines) is 1. The topological polar surface area (TPSA) is 57.3 Å². The summed E-state index contributed by atoms with van der Waals surface area (Å²) in [6.45, 7) is 1.29. The lowest BCUT2D eigenvalue weighted by atomic mass is 9.85. The summed E-state index contributed by atoms with van der Waals surface area (Å²) in [5.74, 6) is -0.110. The predicted octanol–water partition coefficient (Wildman–Crippen LogP) is 3.05. The highest BCUT2D eigenvalue weighted by atomic mass is 19.1. The average Bonchev–Trinajstić information content (AvgIpc) is 3.16. The smallest absolute Gasteiger partial charge is 0.272 e. The number of aromatic nitrogens is 1. The van der Waals surface area contributed by atoms with Crippen LogP contribution in [0.15, 0.2) is 60.7 Å². The van der Waals surface area contributed by atoms with E-state index >= 15 is 0 Å². The quantitative estimate of drug-likeness (QED) is 0.722. The van der Waals surface area contributed by atoms with Crippen LogP contribution in [-0.4, -0.2) is 34.9 Å². The maximum atomic E-state index is 13.7. The summed E-state index contributed by atoms with van der Waals surface area (Å²) >= 11 is 0. The highest BCUT2D eigenvalue weighted by molar-refractivity contribution is 5.95. The zero-order valence-electron chi connectivity index (χ0n) is 15.3. The van der Waals surface area contributed by atoms with Crippen molar-refractivity contribution in [1.82, 2.24) is 20.7 Å². The molecule has 2 fully saturated rings. The lowest BCUT2D eigenvalue weighted by Gasteiger charge is -2.36. The molecular weight excluding hydrogens is 355 g/mol. The number of carbonyl (C=O) groups excluding carboxylic acids is 1. The predicted molar refractivity (Wildman–Crippen MR) is 105 cm³/mol. The van der Waals surface area contributed by atoms with Gasteiger partial charge in [0.05, 0.1) is 11.6 Å². The minimum Gasteiger partial charge on any atom is -0.337 e. The van der Waals surface area contributed by atoms with Gasteiger partial charge in [0.1, 0.15) is 11.5 Å². The van der Waals surface area contributed by atoms with Crippen LogP contribution in [0.5, 0.6) is 0 Å².